The van der Waals surface area contributed by atoms with Crippen molar-refractivity contribution in [1.29, 1.82) is 0 Å². The average Bonchev–Trinajstić information content (AvgIpc) is 2.47. The Bertz CT molecular complexity index is 591. The molecule has 0 N–H and O–H groups in total. The second-order valence-electron chi connectivity index (χ2n) is 4.22. The Morgan fingerprint density at radius 2 is 2.11 bits per heavy atom. The van der Waals surface area contributed by atoms with E-state index in [-0.39, 0.29) is 0 Å². The molecule has 1 aliphatic rings. The predicted octanol–water partition coefficient (Wildman–Crippen LogP) is 2.48. The van der Waals surface area contributed by atoms with E-state index >= 15 is 0 Å². The fraction of sp³-hybridized carbons (Fsp3) is 0.200. The molecule has 18 heavy (non-hydrogen) atoms. The molecule has 0 saturated heterocycles. The third-order valence-electron chi connectivity index (χ3n) is 3.13. The first-order valence-electron chi connectivity index (χ1n) is 6.01. The van der Waals surface area contributed by atoms with E-state index in [2.05, 4.69) is 16.0 Å². The van der Waals surface area contributed by atoms with E-state index in [9.17, 15) is 0 Å². The molecule has 0 unspecified atom stereocenters. The second kappa shape index (κ2) is 4.61. The number of hydrogen-bond acceptors (Lipinski definition) is 3. The summed E-state index contributed by atoms with van der Waals surface area (Å²) >= 11 is 0. The molecule has 2 heterocycles. The molecule has 0 radical (unpaired) electrons. The van der Waals surface area contributed by atoms with Crippen LogP contribution < -0.4 is 4.74 Å². The van der Waals surface area contributed by atoms with E-state index < -0.39 is 0 Å². The zero-order valence-electron chi connectivity index (χ0n) is 10.3. The van der Waals surface area contributed by atoms with E-state index in [1.807, 2.05) is 30.3 Å². The summed E-state index contributed by atoms with van der Waals surface area (Å²) < 4.78 is 5.29. The van der Waals surface area contributed by atoms with Gasteiger partial charge in [0, 0.05) is 18.3 Å². The van der Waals surface area contributed by atoms with Crippen LogP contribution in [0.3, 0.4) is 0 Å². The normalized spacial score (nSPS) is 13.7. The number of fused-ring (bicyclic) bond motifs is 1. The molecular weight excluding hydrogens is 224 g/mol. The lowest BCUT2D eigenvalue weighted by Gasteiger charge is -2.17. The Morgan fingerprint density at radius 3 is 2.89 bits per heavy atom. The summed E-state index contributed by atoms with van der Waals surface area (Å²) in [6, 6.07) is 12.1. The molecule has 1 aromatic carbocycles. The number of rotatable bonds is 2. The Morgan fingerprint density at radius 1 is 1.17 bits per heavy atom. The molecule has 1 aliphatic heterocycles. The number of ether oxygens (including phenoxy) is 1. The molecule has 2 aromatic rings. The van der Waals surface area contributed by atoms with Gasteiger partial charge in [0.15, 0.2) is 0 Å². The van der Waals surface area contributed by atoms with Crippen LogP contribution in [0.1, 0.15) is 16.8 Å². The van der Waals surface area contributed by atoms with Crippen LogP contribution in [0.4, 0.5) is 0 Å². The summed E-state index contributed by atoms with van der Waals surface area (Å²) in [6.07, 6.45) is 2.78. The minimum atomic E-state index is 0.825. The Hall–Kier alpha value is -2.16. The molecule has 0 amide bonds. The zero-order valence-corrected chi connectivity index (χ0v) is 10.3. The van der Waals surface area contributed by atoms with Crippen LogP contribution in [0.25, 0.3) is 0 Å². The Balaban J connectivity index is 2.11. The highest BCUT2D eigenvalue weighted by Crippen LogP contribution is 2.24. The van der Waals surface area contributed by atoms with E-state index in [0.29, 0.717) is 0 Å². The molecule has 3 heteroatoms. The van der Waals surface area contributed by atoms with Crippen LogP contribution in [0.2, 0.25) is 0 Å². The summed E-state index contributed by atoms with van der Waals surface area (Å²) in [6.45, 7) is 0.825. The van der Waals surface area contributed by atoms with Crippen molar-refractivity contribution in [3.05, 3.63) is 59.4 Å². The Labute approximate surface area is 106 Å². The number of methoxy groups -OCH3 is 1. The second-order valence-corrected chi connectivity index (χ2v) is 4.22. The van der Waals surface area contributed by atoms with Gasteiger partial charge in [-0.1, -0.05) is 12.1 Å². The highest BCUT2D eigenvalue weighted by atomic mass is 16.5. The van der Waals surface area contributed by atoms with E-state index in [1.165, 1.54) is 5.56 Å². The standard InChI is InChI=1S/C15H14N2O/c1-18-12-6-5-11-7-9-17-15(13(11)10-12)14-4-2-3-8-16-14/h2-6,8,10H,7,9H2,1H3. The van der Waals surface area contributed by atoms with Gasteiger partial charge in [-0.15, -0.1) is 0 Å². The third-order valence-corrected chi connectivity index (χ3v) is 3.13. The van der Waals surface area contributed by atoms with Crippen molar-refractivity contribution in [3.63, 3.8) is 0 Å². The largest absolute Gasteiger partial charge is 0.497 e. The van der Waals surface area contributed by atoms with Crippen LogP contribution in [0, 0.1) is 0 Å². The van der Waals surface area contributed by atoms with Crippen molar-refractivity contribution in [2.24, 2.45) is 4.99 Å². The number of hydrogen-bond donors (Lipinski definition) is 0. The first kappa shape index (κ1) is 11.0. The van der Waals surface area contributed by atoms with Crippen LogP contribution in [-0.2, 0) is 6.42 Å². The van der Waals surface area contributed by atoms with Crippen LogP contribution in [-0.4, -0.2) is 24.4 Å². The number of aromatic nitrogens is 1. The first-order valence-corrected chi connectivity index (χ1v) is 6.01. The maximum absolute atomic E-state index is 5.29. The quantitative estimate of drug-likeness (QED) is 0.805. The van der Waals surface area contributed by atoms with Crippen LogP contribution in [0.15, 0.2) is 47.6 Å². The number of aliphatic imine (C=N–C) groups is 1. The smallest absolute Gasteiger partial charge is 0.119 e. The highest BCUT2D eigenvalue weighted by Gasteiger charge is 2.17. The highest BCUT2D eigenvalue weighted by molar-refractivity contribution is 6.13. The van der Waals surface area contributed by atoms with Crippen molar-refractivity contribution < 1.29 is 4.74 Å². The van der Waals surface area contributed by atoms with E-state index in [4.69, 9.17) is 4.74 Å². The molecule has 3 rings (SSSR count). The summed E-state index contributed by atoms with van der Waals surface area (Å²) in [4.78, 5) is 9.00. The number of nitrogens with zero attached hydrogens (tertiary/aromatic N) is 2. The van der Waals surface area contributed by atoms with Gasteiger partial charge in [-0.3, -0.25) is 9.98 Å². The summed E-state index contributed by atoms with van der Waals surface area (Å²) in [5, 5.41) is 0. The topological polar surface area (TPSA) is 34.5 Å². The molecule has 0 aliphatic carbocycles. The fourth-order valence-corrected chi connectivity index (χ4v) is 2.22. The van der Waals surface area contributed by atoms with Gasteiger partial charge in [-0.25, -0.2) is 0 Å². The van der Waals surface area contributed by atoms with Gasteiger partial charge in [-0.2, -0.15) is 0 Å². The van der Waals surface area contributed by atoms with Gasteiger partial charge in [0.05, 0.1) is 18.5 Å². The van der Waals surface area contributed by atoms with Crippen molar-refractivity contribution >= 4 is 5.71 Å². The molecule has 3 nitrogen and oxygen atoms in total. The SMILES string of the molecule is COc1ccc2c(c1)C(c1ccccn1)=NCC2. The number of pyridine rings is 1. The molecule has 1 aromatic heterocycles. The average molecular weight is 238 g/mol. The lowest BCUT2D eigenvalue weighted by Crippen LogP contribution is -2.15. The third kappa shape index (κ3) is 1.88. The molecular formula is C15H14N2O. The van der Waals surface area contributed by atoms with Crippen molar-refractivity contribution in [2.45, 2.75) is 6.42 Å². The van der Waals surface area contributed by atoms with Gasteiger partial charge >= 0.3 is 0 Å². The lowest BCUT2D eigenvalue weighted by molar-refractivity contribution is 0.414. The maximum atomic E-state index is 5.29. The van der Waals surface area contributed by atoms with Crippen molar-refractivity contribution in [2.75, 3.05) is 13.7 Å². The van der Waals surface area contributed by atoms with E-state index in [1.54, 1.807) is 13.3 Å². The molecule has 0 spiro atoms. The Kier molecular flexibility index (Phi) is 2.81. The minimum absolute atomic E-state index is 0.825. The zero-order chi connectivity index (χ0) is 12.4. The van der Waals surface area contributed by atoms with Crippen molar-refractivity contribution in [3.8, 4) is 5.75 Å². The van der Waals surface area contributed by atoms with Gasteiger partial charge in [0.1, 0.15) is 5.75 Å². The maximum Gasteiger partial charge on any atom is 0.119 e. The first-order chi connectivity index (χ1) is 8.88. The molecule has 90 valence electrons. The molecule has 0 saturated carbocycles. The minimum Gasteiger partial charge on any atom is -0.497 e. The fourth-order valence-electron chi connectivity index (χ4n) is 2.22. The van der Waals surface area contributed by atoms with Gasteiger partial charge in [0.2, 0.25) is 0 Å². The van der Waals surface area contributed by atoms with Crippen LogP contribution >= 0.6 is 0 Å². The summed E-state index contributed by atoms with van der Waals surface area (Å²) in [5.41, 5.74) is 4.34. The monoisotopic (exact) mass is 238 g/mol. The van der Waals surface area contributed by atoms with Gasteiger partial charge in [0.25, 0.3) is 0 Å². The predicted molar refractivity (Wildman–Crippen MR) is 71.4 cm³/mol. The van der Waals surface area contributed by atoms with Gasteiger partial charge in [-0.05, 0) is 36.2 Å². The van der Waals surface area contributed by atoms with Crippen molar-refractivity contribution in [1.82, 2.24) is 4.98 Å². The molecule has 0 fully saturated rings. The molecule has 0 atom stereocenters. The van der Waals surface area contributed by atoms with E-state index in [0.717, 1.165) is 35.7 Å². The lowest BCUT2D eigenvalue weighted by atomic mass is 9.95. The summed E-state index contributed by atoms with van der Waals surface area (Å²) in [5.74, 6) is 0.860. The molecule has 0 bridgehead atoms. The summed E-state index contributed by atoms with van der Waals surface area (Å²) in [7, 11) is 1.68. The van der Waals surface area contributed by atoms with Gasteiger partial charge < -0.3 is 4.74 Å². The number of benzene rings is 1. The van der Waals surface area contributed by atoms with Crippen LogP contribution in [0.5, 0.6) is 5.75 Å².